The normalized spacial score (nSPS) is 13.9. The molecule has 0 aromatic carbocycles. The third kappa shape index (κ3) is 74.1. The maximum Gasteiger partial charge on any atom is 0.472 e. The van der Waals surface area contributed by atoms with Crippen LogP contribution in [0.3, 0.4) is 0 Å². The molecule has 19 heteroatoms. The van der Waals surface area contributed by atoms with Crippen molar-refractivity contribution >= 4 is 39.5 Å². The minimum absolute atomic E-state index is 0.106. The van der Waals surface area contributed by atoms with E-state index in [0.29, 0.717) is 25.7 Å². The number of carbonyl (C=O) groups excluding carboxylic acids is 4. The highest BCUT2D eigenvalue weighted by Crippen LogP contribution is 2.45. The average molecular weight is 1450 g/mol. The van der Waals surface area contributed by atoms with Crippen molar-refractivity contribution < 1.29 is 80.2 Å². The number of hydrogen-bond donors (Lipinski definition) is 3. The first kappa shape index (κ1) is 97.1. The average Bonchev–Trinajstić information content (AvgIpc) is 1.05. The van der Waals surface area contributed by atoms with E-state index in [9.17, 15) is 43.2 Å². The van der Waals surface area contributed by atoms with Crippen molar-refractivity contribution in [1.29, 1.82) is 0 Å². The zero-order chi connectivity index (χ0) is 72.8. The Morgan fingerprint density at radius 1 is 0.273 bits per heavy atom. The zero-order valence-corrected chi connectivity index (χ0v) is 66.6. The number of esters is 4. The Bertz CT molecular complexity index is 1910. The van der Waals surface area contributed by atoms with Crippen molar-refractivity contribution in [2.24, 2.45) is 11.8 Å². The summed E-state index contributed by atoms with van der Waals surface area (Å²) in [5.41, 5.74) is 0. The standard InChI is InChI=1S/C80H156O17P2/c1-7-9-11-13-15-16-17-18-19-20-21-22-23-24-25-30-35-40-46-52-58-64-79(84)97-76(69-91-78(83)63-57-51-45-39-34-29-27-26-28-32-37-43-48-54-60-72(3)4)71-95-99(88,89)93-67-74(81)66-92-98(86,87)94-70-75(68-90-77(82)62-56-50-42-14-12-10-8-2)96-80(85)65-59-53-47-41-36-31-33-38-44-49-55-61-73(5)6/h72-76,81H,7-71H2,1-6H3,(H,86,87)(H,88,89)/t74-,75+,76+/m0/s1. The largest absolute Gasteiger partial charge is 0.472 e. The molecule has 2 unspecified atom stereocenters. The maximum absolute atomic E-state index is 13.1. The van der Waals surface area contributed by atoms with Gasteiger partial charge in [-0.3, -0.25) is 37.3 Å². The van der Waals surface area contributed by atoms with Gasteiger partial charge in [-0.1, -0.05) is 369 Å². The van der Waals surface area contributed by atoms with Crippen LogP contribution in [0.5, 0.6) is 0 Å². The highest BCUT2D eigenvalue weighted by molar-refractivity contribution is 7.47. The van der Waals surface area contributed by atoms with E-state index in [4.69, 9.17) is 37.0 Å². The number of phosphoric acid groups is 2. The van der Waals surface area contributed by atoms with Gasteiger partial charge in [0.05, 0.1) is 26.4 Å². The third-order valence-electron chi connectivity index (χ3n) is 18.7. The second-order valence-electron chi connectivity index (χ2n) is 29.8. The first-order chi connectivity index (χ1) is 47.9. The van der Waals surface area contributed by atoms with Crippen molar-refractivity contribution in [3.63, 3.8) is 0 Å². The molecule has 0 rings (SSSR count). The predicted octanol–water partition coefficient (Wildman–Crippen LogP) is 23.9. The summed E-state index contributed by atoms with van der Waals surface area (Å²) in [5.74, 6) is -0.551. The zero-order valence-electron chi connectivity index (χ0n) is 64.8. The smallest absolute Gasteiger partial charge is 0.462 e. The van der Waals surface area contributed by atoms with E-state index in [1.807, 2.05) is 0 Å². The lowest BCUT2D eigenvalue weighted by molar-refractivity contribution is -0.161. The Kier molecular flexibility index (Phi) is 70.3. The first-order valence-electron chi connectivity index (χ1n) is 41.5. The van der Waals surface area contributed by atoms with Gasteiger partial charge in [0.25, 0.3) is 0 Å². The van der Waals surface area contributed by atoms with Crippen LogP contribution in [-0.2, 0) is 65.4 Å². The van der Waals surface area contributed by atoms with Crippen LogP contribution in [0.15, 0.2) is 0 Å². The molecule has 0 saturated carbocycles. The van der Waals surface area contributed by atoms with Gasteiger partial charge in [0.2, 0.25) is 0 Å². The number of carbonyl (C=O) groups is 4. The van der Waals surface area contributed by atoms with E-state index in [2.05, 4.69) is 41.5 Å². The van der Waals surface area contributed by atoms with E-state index in [0.717, 1.165) is 115 Å². The van der Waals surface area contributed by atoms with Gasteiger partial charge in [-0.2, -0.15) is 0 Å². The molecule has 0 aromatic heterocycles. The topological polar surface area (TPSA) is 237 Å². The molecule has 0 aliphatic rings. The van der Waals surface area contributed by atoms with Crippen LogP contribution in [0.25, 0.3) is 0 Å². The van der Waals surface area contributed by atoms with Gasteiger partial charge >= 0.3 is 39.5 Å². The summed E-state index contributed by atoms with van der Waals surface area (Å²) in [6.45, 7) is 9.61. The first-order valence-corrected chi connectivity index (χ1v) is 44.5. The Morgan fingerprint density at radius 2 is 0.465 bits per heavy atom. The summed E-state index contributed by atoms with van der Waals surface area (Å²) in [4.78, 5) is 72.8. The van der Waals surface area contributed by atoms with Gasteiger partial charge in [-0.15, -0.1) is 0 Å². The summed E-state index contributed by atoms with van der Waals surface area (Å²) >= 11 is 0. The molecule has 99 heavy (non-hydrogen) atoms. The fourth-order valence-corrected chi connectivity index (χ4v) is 13.9. The van der Waals surface area contributed by atoms with Crippen LogP contribution in [0.1, 0.15) is 420 Å². The van der Waals surface area contributed by atoms with Gasteiger partial charge in [-0.25, -0.2) is 9.13 Å². The molecule has 0 amide bonds. The molecule has 0 aliphatic carbocycles. The van der Waals surface area contributed by atoms with E-state index in [1.165, 1.54) is 225 Å². The molecule has 17 nitrogen and oxygen atoms in total. The maximum atomic E-state index is 13.1. The Morgan fingerprint density at radius 3 is 0.687 bits per heavy atom. The van der Waals surface area contributed by atoms with Gasteiger partial charge < -0.3 is 33.8 Å². The Balaban J connectivity index is 5.17. The number of ether oxygens (including phenoxy) is 4. The molecular formula is C80H156O17P2. The molecule has 0 aromatic rings. The van der Waals surface area contributed by atoms with Crippen LogP contribution in [-0.4, -0.2) is 96.7 Å². The van der Waals surface area contributed by atoms with Crippen molar-refractivity contribution in [1.82, 2.24) is 0 Å². The quantitative estimate of drug-likeness (QED) is 0.0222. The molecule has 0 bridgehead atoms. The SMILES string of the molecule is CCCCCCCCCCCCCCCCCCCCCCCC(=O)O[C@H](COC(=O)CCCCCCCCCCCCCCCCC(C)C)COP(=O)(O)OC[C@@H](O)COP(=O)(O)OC[C@@H](COC(=O)CCCCCCCCC)OC(=O)CCCCCCCCCCCCCC(C)C. The highest BCUT2D eigenvalue weighted by atomic mass is 31.2. The molecule has 0 heterocycles. The molecule has 0 radical (unpaired) electrons. The fraction of sp³-hybridized carbons (Fsp3) is 0.950. The van der Waals surface area contributed by atoms with Gasteiger partial charge in [0.1, 0.15) is 19.3 Å². The third-order valence-corrected chi connectivity index (χ3v) is 20.6. The molecule has 0 fully saturated rings. The second kappa shape index (κ2) is 71.7. The highest BCUT2D eigenvalue weighted by Gasteiger charge is 2.30. The monoisotopic (exact) mass is 1450 g/mol. The van der Waals surface area contributed by atoms with Crippen LogP contribution in [0.4, 0.5) is 0 Å². The fourth-order valence-electron chi connectivity index (χ4n) is 12.4. The molecule has 0 saturated heterocycles. The number of phosphoric ester groups is 2. The van der Waals surface area contributed by atoms with E-state index in [1.54, 1.807) is 0 Å². The lowest BCUT2D eigenvalue weighted by Gasteiger charge is -2.21. The lowest BCUT2D eigenvalue weighted by Crippen LogP contribution is -2.30. The molecular weight excluding hydrogens is 1290 g/mol. The lowest BCUT2D eigenvalue weighted by atomic mass is 10.0. The van der Waals surface area contributed by atoms with Crippen molar-refractivity contribution in [2.45, 2.75) is 439 Å². The van der Waals surface area contributed by atoms with Gasteiger partial charge in [0.15, 0.2) is 12.2 Å². The van der Waals surface area contributed by atoms with E-state index >= 15 is 0 Å². The molecule has 5 atom stereocenters. The van der Waals surface area contributed by atoms with Gasteiger partial charge in [0, 0.05) is 25.7 Å². The number of aliphatic hydroxyl groups is 1. The second-order valence-corrected chi connectivity index (χ2v) is 32.7. The van der Waals surface area contributed by atoms with Gasteiger partial charge in [-0.05, 0) is 37.5 Å². The number of aliphatic hydroxyl groups excluding tert-OH is 1. The van der Waals surface area contributed by atoms with Crippen LogP contribution in [0, 0.1) is 11.8 Å². The molecule has 588 valence electrons. The molecule has 3 N–H and O–H groups in total. The minimum Gasteiger partial charge on any atom is -0.462 e. The van der Waals surface area contributed by atoms with Crippen molar-refractivity contribution in [2.75, 3.05) is 39.6 Å². The minimum atomic E-state index is -4.96. The summed E-state index contributed by atoms with van der Waals surface area (Å²) < 4.78 is 68.6. The number of unbranched alkanes of at least 4 members (excludes halogenated alkanes) is 49. The van der Waals surface area contributed by atoms with E-state index in [-0.39, 0.29) is 25.7 Å². The van der Waals surface area contributed by atoms with E-state index < -0.39 is 97.5 Å². The molecule has 0 spiro atoms. The number of rotatable bonds is 79. The number of hydrogen-bond acceptors (Lipinski definition) is 15. The predicted molar refractivity (Wildman–Crippen MR) is 405 cm³/mol. The van der Waals surface area contributed by atoms with Crippen LogP contribution < -0.4 is 0 Å². The summed E-state index contributed by atoms with van der Waals surface area (Å²) in [5, 5.41) is 10.6. The summed E-state index contributed by atoms with van der Waals surface area (Å²) in [6, 6.07) is 0. The Labute approximate surface area is 607 Å². The molecule has 0 aliphatic heterocycles. The summed E-state index contributed by atoms with van der Waals surface area (Å²) in [6.07, 6.45) is 61.3. The Hall–Kier alpha value is -1.94. The summed E-state index contributed by atoms with van der Waals surface area (Å²) in [7, 11) is -9.91. The van der Waals surface area contributed by atoms with Crippen LogP contribution in [0.2, 0.25) is 0 Å². The van der Waals surface area contributed by atoms with Crippen molar-refractivity contribution in [3.8, 4) is 0 Å². The van der Waals surface area contributed by atoms with Crippen LogP contribution >= 0.6 is 15.6 Å². The van der Waals surface area contributed by atoms with Crippen molar-refractivity contribution in [3.05, 3.63) is 0 Å².